The van der Waals surface area contributed by atoms with Crippen LogP contribution in [0.4, 0.5) is 0 Å². The van der Waals surface area contributed by atoms with E-state index >= 15 is 0 Å². The Bertz CT molecular complexity index is 244. The molecular formula is C7H9N3. The molecule has 3 nitrogen and oxygen atoms in total. The van der Waals surface area contributed by atoms with Crippen LogP contribution in [0.25, 0.3) is 0 Å². The average Bonchev–Trinajstić information content (AvgIpc) is 2.31. The standard InChI is InChI=1S/C7H9N3/c1-7-5-9-6-10(7)4-2-3-8/h5-6H,2,4H2,1H3. The highest BCUT2D eigenvalue weighted by atomic mass is 15.0. The molecule has 0 aliphatic rings. The van der Waals surface area contributed by atoms with Crippen LogP contribution in [-0.2, 0) is 6.54 Å². The molecule has 0 fully saturated rings. The largest absolute Gasteiger partial charge is 0.334 e. The van der Waals surface area contributed by atoms with Crippen LogP contribution in [0.5, 0.6) is 0 Å². The topological polar surface area (TPSA) is 41.6 Å². The SMILES string of the molecule is Cc1cncn1CCC#N. The summed E-state index contributed by atoms with van der Waals surface area (Å²) >= 11 is 0. The summed E-state index contributed by atoms with van der Waals surface area (Å²) < 4.78 is 1.96. The third-order valence-corrected chi connectivity index (χ3v) is 1.38. The molecule has 0 unspecified atom stereocenters. The van der Waals surface area contributed by atoms with Crippen molar-refractivity contribution in [2.24, 2.45) is 0 Å². The van der Waals surface area contributed by atoms with Crippen LogP contribution < -0.4 is 0 Å². The van der Waals surface area contributed by atoms with Crippen LogP contribution in [0.3, 0.4) is 0 Å². The van der Waals surface area contributed by atoms with Gasteiger partial charge in [-0.1, -0.05) is 0 Å². The number of nitrogens with zero attached hydrogens (tertiary/aromatic N) is 3. The number of imidazole rings is 1. The van der Waals surface area contributed by atoms with E-state index in [2.05, 4.69) is 11.1 Å². The van der Waals surface area contributed by atoms with Gasteiger partial charge in [0.15, 0.2) is 0 Å². The van der Waals surface area contributed by atoms with Gasteiger partial charge < -0.3 is 4.57 Å². The summed E-state index contributed by atoms with van der Waals surface area (Å²) in [5.41, 5.74) is 1.11. The summed E-state index contributed by atoms with van der Waals surface area (Å²) in [6.45, 7) is 2.73. The normalized spacial score (nSPS) is 9.20. The Kier molecular flexibility index (Phi) is 2.06. The lowest BCUT2D eigenvalue weighted by molar-refractivity contribution is 0.695. The summed E-state index contributed by atoms with van der Waals surface area (Å²) in [6, 6.07) is 2.08. The first-order valence-corrected chi connectivity index (χ1v) is 3.18. The van der Waals surface area contributed by atoms with E-state index < -0.39 is 0 Å². The molecule has 1 heterocycles. The van der Waals surface area contributed by atoms with Crippen LogP contribution in [0.1, 0.15) is 12.1 Å². The van der Waals surface area contributed by atoms with Crippen LogP contribution in [-0.4, -0.2) is 9.55 Å². The van der Waals surface area contributed by atoms with E-state index in [1.54, 1.807) is 12.5 Å². The zero-order valence-corrected chi connectivity index (χ0v) is 5.91. The highest BCUT2D eigenvalue weighted by Crippen LogP contribution is 1.96. The van der Waals surface area contributed by atoms with Crippen molar-refractivity contribution in [2.45, 2.75) is 19.9 Å². The Hall–Kier alpha value is -1.30. The molecule has 0 saturated heterocycles. The molecule has 0 amide bonds. The van der Waals surface area contributed by atoms with Gasteiger partial charge >= 0.3 is 0 Å². The molecule has 1 rings (SSSR count). The fourth-order valence-electron chi connectivity index (χ4n) is 0.791. The predicted molar refractivity (Wildman–Crippen MR) is 37.2 cm³/mol. The van der Waals surface area contributed by atoms with Crippen molar-refractivity contribution in [1.29, 1.82) is 5.26 Å². The molecule has 0 aromatic carbocycles. The minimum absolute atomic E-state index is 0.553. The van der Waals surface area contributed by atoms with Gasteiger partial charge in [-0.05, 0) is 6.92 Å². The van der Waals surface area contributed by atoms with Crippen LogP contribution in [0.2, 0.25) is 0 Å². The van der Waals surface area contributed by atoms with Gasteiger partial charge in [0.1, 0.15) is 0 Å². The van der Waals surface area contributed by atoms with Crippen LogP contribution in [0, 0.1) is 18.3 Å². The van der Waals surface area contributed by atoms with Gasteiger partial charge in [-0.3, -0.25) is 0 Å². The van der Waals surface area contributed by atoms with Crippen molar-refractivity contribution >= 4 is 0 Å². The summed E-state index contributed by atoms with van der Waals surface area (Å²) in [5, 5.41) is 8.27. The Labute approximate surface area is 59.9 Å². The molecule has 10 heavy (non-hydrogen) atoms. The molecule has 0 bridgehead atoms. The minimum Gasteiger partial charge on any atom is -0.334 e. The third-order valence-electron chi connectivity index (χ3n) is 1.38. The molecular weight excluding hydrogens is 126 g/mol. The lowest BCUT2D eigenvalue weighted by atomic mass is 10.4. The highest BCUT2D eigenvalue weighted by Gasteiger charge is 1.93. The van der Waals surface area contributed by atoms with Crippen molar-refractivity contribution in [3.63, 3.8) is 0 Å². The van der Waals surface area contributed by atoms with E-state index in [-0.39, 0.29) is 0 Å². The first-order chi connectivity index (χ1) is 4.84. The van der Waals surface area contributed by atoms with Gasteiger partial charge in [-0.15, -0.1) is 0 Å². The monoisotopic (exact) mass is 135 g/mol. The Morgan fingerprint density at radius 3 is 3.10 bits per heavy atom. The maximum absolute atomic E-state index is 8.27. The second kappa shape index (κ2) is 3.02. The van der Waals surface area contributed by atoms with Crippen LogP contribution in [0.15, 0.2) is 12.5 Å². The maximum Gasteiger partial charge on any atom is 0.0948 e. The molecule has 1 aromatic heterocycles. The van der Waals surface area contributed by atoms with Crippen molar-refractivity contribution in [1.82, 2.24) is 9.55 Å². The molecule has 0 saturated carbocycles. The summed E-state index contributed by atoms with van der Waals surface area (Å²) in [7, 11) is 0. The van der Waals surface area contributed by atoms with Crippen molar-refractivity contribution in [3.8, 4) is 6.07 Å². The lowest BCUT2D eigenvalue weighted by Crippen LogP contribution is -1.96. The third kappa shape index (κ3) is 1.35. The van der Waals surface area contributed by atoms with Gasteiger partial charge in [0, 0.05) is 18.4 Å². The Morgan fingerprint density at radius 1 is 1.80 bits per heavy atom. The molecule has 0 aliphatic carbocycles. The molecule has 0 N–H and O–H groups in total. The first-order valence-electron chi connectivity index (χ1n) is 3.18. The molecule has 52 valence electrons. The molecule has 0 spiro atoms. The zero-order valence-electron chi connectivity index (χ0n) is 5.91. The quantitative estimate of drug-likeness (QED) is 0.609. The molecule has 0 atom stereocenters. The number of hydrogen-bond acceptors (Lipinski definition) is 2. The molecule has 3 heteroatoms. The highest BCUT2D eigenvalue weighted by molar-refractivity contribution is 4.94. The average molecular weight is 135 g/mol. The molecule has 1 aromatic rings. The predicted octanol–water partition coefficient (Wildman–Crippen LogP) is 1.11. The lowest BCUT2D eigenvalue weighted by Gasteiger charge is -1.98. The fourth-order valence-corrected chi connectivity index (χ4v) is 0.791. The van der Waals surface area contributed by atoms with Gasteiger partial charge in [0.2, 0.25) is 0 Å². The van der Waals surface area contributed by atoms with E-state index in [0.29, 0.717) is 6.42 Å². The number of aryl methyl sites for hydroxylation is 2. The van der Waals surface area contributed by atoms with Gasteiger partial charge in [0.25, 0.3) is 0 Å². The van der Waals surface area contributed by atoms with Gasteiger partial charge in [-0.25, -0.2) is 4.98 Å². The summed E-state index contributed by atoms with van der Waals surface area (Å²) in [6.07, 6.45) is 4.08. The smallest absolute Gasteiger partial charge is 0.0948 e. The Morgan fingerprint density at radius 2 is 2.60 bits per heavy atom. The first kappa shape index (κ1) is 6.81. The van der Waals surface area contributed by atoms with E-state index in [1.807, 2.05) is 11.5 Å². The number of aromatic nitrogens is 2. The number of hydrogen-bond donors (Lipinski definition) is 0. The molecule has 0 aliphatic heterocycles. The van der Waals surface area contributed by atoms with Crippen molar-refractivity contribution < 1.29 is 0 Å². The maximum atomic E-state index is 8.27. The second-order valence-corrected chi connectivity index (χ2v) is 2.14. The summed E-state index contributed by atoms with van der Waals surface area (Å²) in [5.74, 6) is 0. The zero-order chi connectivity index (χ0) is 7.40. The van der Waals surface area contributed by atoms with Gasteiger partial charge in [-0.2, -0.15) is 5.26 Å². The summed E-state index contributed by atoms with van der Waals surface area (Å²) in [4.78, 5) is 3.93. The minimum atomic E-state index is 0.553. The second-order valence-electron chi connectivity index (χ2n) is 2.14. The van der Waals surface area contributed by atoms with E-state index in [1.165, 1.54) is 0 Å². The van der Waals surface area contributed by atoms with Crippen molar-refractivity contribution in [2.75, 3.05) is 0 Å². The van der Waals surface area contributed by atoms with E-state index in [4.69, 9.17) is 5.26 Å². The van der Waals surface area contributed by atoms with Crippen molar-refractivity contribution in [3.05, 3.63) is 18.2 Å². The Balaban J connectivity index is 2.59. The van der Waals surface area contributed by atoms with E-state index in [9.17, 15) is 0 Å². The van der Waals surface area contributed by atoms with Crippen LogP contribution >= 0.6 is 0 Å². The fraction of sp³-hybridized carbons (Fsp3) is 0.429. The van der Waals surface area contributed by atoms with E-state index in [0.717, 1.165) is 12.2 Å². The molecule has 0 radical (unpaired) electrons. The van der Waals surface area contributed by atoms with Gasteiger partial charge in [0.05, 0.1) is 18.8 Å². The number of rotatable bonds is 2. The number of nitriles is 1.